The number of carbonyl (C=O) groups is 1. The second-order valence-corrected chi connectivity index (χ2v) is 7.32. The third-order valence-corrected chi connectivity index (χ3v) is 3.59. The fourth-order valence-corrected chi connectivity index (χ4v) is 2.24. The number of amides is 1. The molecule has 1 saturated heterocycles. The Morgan fingerprint density at radius 1 is 1.75 bits per heavy atom. The van der Waals surface area contributed by atoms with E-state index in [4.69, 9.17) is 1.37 Å². The molecule has 1 fully saturated rings. The van der Waals surface area contributed by atoms with E-state index < -0.39 is 6.39 Å². The third-order valence-electron chi connectivity index (χ3n) is 2.60. The van der Waals surface area contributed by atoms with Crippen LogP contribution < -0.4 is 0 Å². The van der Waals surface area contributed by atoms with Crippen LogP contribution in [-0.4, -0.2) is 43.0 Å². The number of carbonyl (C=O) groups excluding carboxylic acids is 1. The van der Waals surface area contributed by atoms with Crippen molar-refractivity contribution in [3.63, 3.8) is 0 Å². The Kier molecular flexibility index (Phi) is 2.81. The van der Waals surface area contributed by atoms with E-state index in [1.807, 2.05) is 0 Å². The average molecular weight is 226 g/mol. The summed E-state index contributed by atoms with van der Waals surface area (Å²) in [5.74, 6) is 0.579. The normalized spacial score (nSPS) is 26.7. The second kappa shape index (κ2) is 3.88. The molecule has 1 rings (SSSR count). The van der Waals surface area contributed by atoms with Crippen molar-refractivity contribution in [2.75, 3.05) is 13.1 Å². The minimum absolute atomic E-state index is 0.321. The molecule has 0 aromatic heterocycles. The van der Waals surface area contributed by atoms with Gasteiger partial charge in [-0.05, 0) is 0 Å². The number of hydrogen-bond acceptors (Lipinski definition) is 1. The van der Waals surface area contributed by atoms with Gasteiger partial charge in [0.05, 0.1) is 0 Å². The standard InChI is InChI=1S/C9H16NO.Ga/c1-8(2)9-4-3-5-10(6-9)7-11;/h7,9H,3-6H2,1-2H3;/t9-;/m1./s1/i7T;. The summed E-state index contributed by atoms with van der Waals surface area (Å²) in [6, 6.07) is 0. The summed E-state index contributed by atoms with van der Waals surface area (Å²) in [6.45, 7) is 6.03. The Balaban J connectivity index is 2.57. The fourth-order valence-electron chi connectivity index (χ4n) is 1.67. The summed E-state index contributed by atoms with van der Waals surface area (Å²) in [5, 5.41) is 0. The Labute approximate surface area is 86.0 Å². The van der Waals surface area contributed by atoms with E-state index in [1.54, 1.807) is 23.5 Å². The molecule has 0 aromatic rings. The van der Waals surface area contributed by atoms with Gasteiger partial charge in [0, 0.05) is 0 Å². The Bertz CT molecular complexity index is 202. The maximum atomic E-state index is 10.9. The first kappa shape index (κ1) is 8.69. The van der Waals surface area contributed by atoms with Crippen molar-refractivity contribution in [1.29, 1.82) is 0 Å². The molecule has 3 heteroatoms. The van der Waals surface area contributed by atoms with Crippen molar-refractivity contribution < 1.29 is 6.17 Å². The van der Waals surface area contributed by atoms with Crippen molar-refractivity contribution in [2.24, 2.45) is 5.92 Å². The zero-order valence-electron chi connectivity index (χ0n) is 8.84. The fraction of sp³-hybridized carbons (Fsp3) is 0.889. The third kappa shape index (κ3) is 2.56. The van der Waals surface area contributed by atoms with Gasteiger partial charge in [-0.25, -0.2) is 0 Å². The van der Waals surface area contributed by atoms with Crippen molar-refractivity contribution in [2.45, 2.75) is 30.7 Å². The minimum atomic E-state index is -0.513. The van der Waals surface area contributed by atoms with Crippen LogP contribution in [0.5, 0.6) is 0 Å². The van der Waals surface area contributed by atoms with E-state index >= 15 is 0 Å². The quantitative estimate of drug-likeness (QED) is 0.486. The molecule has 1 amide bonds. The molecule has 1 aliphatic heterocycles. The molecule has 1 atom stereocenters. The van der Waals surface area contributed by atoms with E-state index in [9.17, 15) is 4.79 Å². The van der Waals surface area contributed by atoms with Crippen molar-refractivity contribution in [3.8, 4) is 0 Å². The van der Waals surface area contributed by atoms with Crippen molar-refractivity contribution in [1.82, 2.24) is 4.90 Å². The Morgan fingerprint density at radius 3 is 2.92 bits per heavy atom. The summed E-state index contributed by atoms with van der Waals surface area (Å²) in [6.07, 6.45) is 1.75. The zero-order chi connectivity index (χ0) is 10.1. The Morgan fingerprint density at radius 2 is 2.42 bits per heavy atom. The molecule has 0 aromatic carbocycles. The van der Waals surface area contributed by atoms with E-state index in [0.717, 1.165) is 19.5 Å². The van der Waals surface area contributed by atoms with Gasteiger partial charge in [-0.15, -0.1) is 0 Å². The summed E-state index contributed by atoms with van der Waals surface area (Å²) in [5.41, 5.74) is 0. The van der Waals surface area contributed by atoms with Crippen LogP contribution >= 0.6 is 0 Å². The maximum absolute atomic E-state index is 10.9. The van der Waals surface area contributed by atoms with Crippen molar-refractivity contribution in [3.05, 3.63) is 0 Å². The zero-order valence-corrected chi connectivity index (χ0v) is 10.3. The van der Waals surface area contributed by atoms with Gasteiger partial charge >= 0.3 is 85.7 Å². The van der Waals surface area contributed by atoms with Crippen LogP contribution in [0.25, 0.3) is 0 Å². The van der Waals surface area contributed by atoms with Crippen LogP contribution in [0.15, 0.2) is 0 Å². The second-order valence-electron chi connectivity index (χ2n) is 4.20. The predicted molar refractivity (Wildman–Crippen MR) is 50.2 cm³/mol. The first-order chi connectivity index (χ1) is 5.91. The van der Waals surface area contributed by atoms with Crippen LogP contribution in [0.4, 0.5) is 0 Å². The van der Waals surface area contributed by atoms with Crippen LogP contribution in [0, 0.1) is 5.92 Å². The molecule has 2 nitrogen and oxygen atoms in total. The first-order valence-electron chi connectivity index (χ1n) is 4.95. The van der Waals surface area contributed by atoms with E-state index in [-0.39, 0.29) is 0 Å². The average Bonchev–Trinajstić information content (AvgIpc) is 2.03. The van der Waals surface area contributed by atoms with Gasteiger partial charge in [0.1, 0.15) is 0 Å². The molecule has 1 aliphatic rings. The number of piperidine rings is 1. The van der Waals surface area contributed by atoms with E-state index in [0.29, 0.717) is 9.89 Å². The monoisotopic (exact) mass is 225 g/mol. The van der Waals surface area contributed by atoms with Gasteiger partial charge < -0.3 is 0 Å². The van der Waals surface area contributed by atoms with Crippen LogP contribution in [-0.2, 0) is 4.79 Å². The summed E-state index contributed by atoms with van der Waals surface area (Å²) < 4.78 is 7.38. The molecule has 0 bridgehead atoms. The van der Waals surface area contributed by atoms with Gasteiger partial charge in [-0.1, -0.05) is 0 Å². The molecule has 0 unspecified atom stereocenters. The van der Waals surface area contributed by atoms with Crippen LogP contribution in [0.3, 0.4) is 0 Å². The number of nitrogens with zero attached hydrogens (tertiary/aromatic N) is 1. The van der Waals surface area contributed by atoms with Crippen molar-refractivity contribution >= 4 is 25.0 Å². The van der Waals surface area contributed by atoms with Crippen LogP contribution in [0.2, 0.25) is 3.97 Å². The summed E-state index contributed by atoms with van der Waals surface area (Å²) in [4.78, 5) is 12.5. The number of likely N-dealkylation sites (tertiary alicyclic amines) is 1. The molecule has 2 radical (unpaired) electrons. The molecule has 0 aliphatic carbocycles. The van der Waals surface area contributed by atoms with Gasteiger partial charge in [-0.3, -0.25) is 0 Å². The van der Waals surface area contributed by atoms with Crippen LogP contribution in [0.1, 0.15) is 28.1 Å². The predicted octanol–water partition coefficient (Wildman–Crippen LogP) is 1.22. The topological polar surface area (TPSA) is 20.3 Å². The Hall–Kier alpha value is 0.106. The summed E-state index contributed by atoms with van der Waals surface area (Å²) in [7, 11) is 0. The molecule has 1 heterocycles. The number of rotatable bonds is 1. The molecular weight excluding hydrogens is 208 g/mol. The molecule has 12 heavy (non-hydrogen) atoms. The van der Waals surface area contributed by atoms with Gasteiger partial charge in [-0.2, -0.15) is 0 Å². The van der Waals surface area contributed by atoms with Gasteiger partial charge in [0.2, 0.25) is 0 Å². The summed E-state index contributed by atoms with van der Waals surface area (Å²) >= 11 is 1.73. The molecule has 0 N–H and O–H groups in total. The molecular formula is C9H16GaNO. The SMILES string of the molecule is [3H]C(=O)N1CCC[C@@H]([C](C)(C)[Ga])C1. The molecule has 0 saturated carbocycles. The van der Waals surface area contributed by atoms with Gasteiger partial charge in [0.15, 0.2) is 0 Å². The van der Waals surface area contributed by atoms with E-state index in [2.05, 4.69) is 13.8 Å². The number of hydrogen-bond donors (Lipinski definition) is 0. The van der Waals surface area contributed by atoms with E-state index in [1.165, 1.54) is 6.42 Å². The first-order valence-corrected chi connectivity index (χ1v) is 5.67. The molecule has 66 valence electrons. The molecule has 0 spiro atoms. The van der Waals surface area contributed by atoms with Gasteiger partial charge in [0.25, 0.3) is 0 Å².